The molecule has 3 aliphatic rings. The average Bonchev–Trinajstić information content (AvgIpc) is 2.55. The Balaban J connectivity index is 1.66. The maximum absolute atomic E-state index is 6.29. The van der Waals surface area contributed by atoms with E-state index in [4.69, 9.17) is 19.9 Å². The maximum atomic E-state index is 6.29. The van der Waals surface area contributed by atoms with E-state index in [0.717, 1.165) is 37.7 Å². The third kappa shape index (κ3) is 3.20. The summed E-state index contributed by atoms with van der Waals surface area (Å²) in [4.78, 5) is 0. The minimum atomic E-state index is -0.282. The van der Waals surface area contributed by atoms with Crippen molar-refractivity contribution in [1.82, 2.24) is 0 Å². The number of rotatable bonds is 6. The molecule has 0 radical (unpaired) electrons. The molecule has 2 bridgehead atoms. The molecule has 4 nitrogen and oxygen atoms in total. The number of hydrogen-bond acceptors (Lipinski definition) is 4. The molecule has 2 heterocycles. The van der Waals surface area contributed by atoms with Gasteiger partial charge in [0.1, 0.15) is 0 Å². The van der Waals surface area contributed by atoms with E-state index in [0.29, 0.717) is 13.2 Å². The van der Waals surface area contributed by atoms with E-state index < -0.39 is 0 Å². The number of methoxy groups -OCH3 is 1. The normalized spacial score (nSPS) is 32.1. The van der Waals surface area contributed by atoms with Crippen molar-refractivity contribution in [2.45, 2.75) is 56.5 Å². The number of fused-ring (bicyclic) bond motifs is 3. The second kappa shape index (κ2) is 6.28. The predicted octanol–water partition coefficient (Wildman–Crippen LogP) is 2.95. The van der Waals surface area contributed by atoms with Crippen LogP contribution in [0.4, 0.5) is 0 Å². The first-order valence-corrected chi connectivity index (χ1v) is 8.24. The lowest BCUT2D eigenvalue weighted by molar-refractivity contribution is -0.152. The van der Waals surface area contributed by atoms with Crippen LogP contribution in [0.15, 0.2) is 24.3 Å². The average molecular weight is 305 g/mol. The highest BCUT2D eigenvalue weighted by Crippen LogP contribution is 2.44. The van der Waals surface area contributed by atoms with E-state index in [1.54, 1.807) is 7.11 Å². The Bertz CT molecular complexity index is 475. The molecule has 1 aliphatic carbocycles. The summed E-state index contributed by atoms with van der Waals surface area (Å²) in [5.74, 6) is 0. The molecule has 22 heavy (non-hydrogen) atoms. The van der Waals surface area contributed by atoms with Crippen molar-refractivity contribution in [3.8, 4) is 0 Å². The molecule has 3 fully saturated rings. The molecule has 1 unspecified atom stereocenters. The highest BCUT2D eigenvalue weighted by atomic mass is 16.7. The lowest BCUT2D eigenvalue weighted by Gasteiger charge is -2.51. The Kier molecular flexibility index (Phi) is 4.55. The first-order chi connectivity index (χ1) is 10.6. The van der Waals surface area contributed by atoms with Crippen LogP contribution in [0.2, 0.25) is 0 Å². The van der Waals surface area contributed by atoms with E-state index in [1.807, 2.05) is 6.92 Å². The lowest BCUT2D eigenvalue weighted by atomic mass is 9.69. The van der Waals surface area contributed by atoms with Gasteiger partial charge in [0.05, 0.1) is 12.2 Å². The molecule has 0 spiro atoms. The third-order valence-corrected chi connectivity index (χ3v) is 5.13. The van der Waals surface area contributed by atoms with Gasteiger partial charge in [-0.05, 0) is 38.2 Å². The number of benzene rings is 1. The van der Waals surface area contributed by atoms with Gasteiger partial charge in [0.15, 0.2) is 6.29 Å². The van der Waals surface area contributed by atoms with Crippen molar-refractivity contribution in [2.24, 2.45) is 5.73 Å². The molecular formula is C18H27NO3. The summed E-state index contributed by atoms with van der Waals surface area (Å²) in [5.41, 5.74) is 8.60. The van der Waals surface area contributed by atoms with Crippen LogP contribution in [0.25, 0.3) is 0 Å². The monoisotopic (exact) mass is 305 g/mol. The van der Waals surface area contributed by atoms with E-state index >= 15 is 0 Å². The first kappa shape index (κ1) is 15.9. The smallest absolute Gasteiger partial charge is 0.183 e. The molecule has 0 amide bonds. The van der Waals surface area contributed by atoms with Gasteiger partial charge in [-0.25, -0.2) is 0 Å². The van der Waals surface area contributed by atoms with Gasteiger partial charge in [0.2, 0.25) is 0 Å². The van der Waals surface area contributed by atoms with Crippen LogP contribution >= 0.6 is 0 Å². The van der Waals surface area contributed by atoms with Crippen molar-refractivity contribution >= 4 is 0 Å². The van der Waals surface area contributed by atoms with Crippen molar-refractivity contribution < 1.29 is 14.2 Å². The molecule has 4 heteroatoms. The highest BCUT2D eigenvalue weighted by molar-refractivity contribution is 5.25. The fourth-order valence-electron chi connectivity index (χ4n) is 3.63. The van der Waals surface area contributed by atoms with Crippen molar-refractivity contribution in [3.05, 3.63) is 35.4 Å². The van der Waals surface area contributed by atoms with Gasteiger partial charge in [-0.15, -0.1) is 0 Å². The topological polar surface area (TPSA) is 53.7 Å². The minimum Gasteiger partial charge on any atom is -0.373 e. The van der Waals surface area contributed by atoms with Crippen LogP contribution in [0.1, 0.15) is 50.0 Å². The van der Waals surface area contributed by atoms with Crippen LogP contribution in [0.3, 0.4) is 0 Å². The van der Waals surface area contributed by atoms with Gasteiger partial charge in [-0.1, -0.05) is 24.3 Å². The molecule has 4 rings (SSSR count). The summed E-state index contributed by atoms with van der Waals surface area (Å²) in [5, 5.41) is 0. The second-order valence-electron chi connectivity index (χ2n) is 6.78. The largest absolute Gasteiger partial charge is 0.373 e. The van der Waals surface area contributed by atoms with Crippen LogP contribution in [0.5, 0.6) is 0 Å². The van der Waals surface area contributed by atoms with Gasteiger partial charge < -0.3 is 19.9 Å². The Morgan fingerprint density at radius 2 is 1.86 bits per heavy atom. The van der Waals surface area contributed by atoms with Gasteiger partial charge in [-0.3, -0.25) is 0 Å². The van der Waals surface area contributed by atoms with Gasteiger partial charge in [-0.2, -0.15) is 0 Å². The van der Waals surface area contributed by atoms with Crippen molar-refractivity contribution in [2.75, 3.05) is 20.3 Å². The first-order valence-electron chi connectivity index (χ1n) is 8.24. The number of hydrogen-bond donors (Lipinski definition) is 1. The summed E-state index contributed by atoms with van der Waals surface area (Å²) in [7, 11) is 1.67. The minimum absolute atomic E-state index is 0.00319. The van der Waals surface area contributed by atoms with E-state index in [2.05, 4.69) is 24.3 Å². The zero-order valence-electron chi connectivity index (χ0n) is 13.6. The summed E-state index contributed by atoms with van der Waals surface area (Å²) in [6, 6.07) is 8.51. The van der Waals surface area contributed by atoms with E-state index in [9.17, 15) is 0 Å². The lowest BCUT2D eigenvalue weighted by Crippen LogP contribution is -2.60. The van der Waals surface area contributed by atoms with Gasteiger partial charge >= 0.3 is 0 Å². The summed E-state index contributed by atoms with van der Waals surface area (Å²) < 4.78 is 17.1. The fraction of sp³-hybridized carbons (Fsp3) is 0.667. The molecule has 1 saturated carbocycles. The Labute approximate surface area is 132 Å². The second-order valence-corrected chi connectivity index (χ2v) is 6.78. The Hall–Kier alpha value is -0.940. The quantitative estimate of drug-likeness (QED) is 0.821. The maximum Gasteiger partial charge on any atom is 0.183 e. The molecule has 0 aromatic heterocycles. The molecule has 2 N–H and O–H groups in total. The van der Waals surface area contributed by atoms with E-state index in [-0.39, 0.29) is 17.4 Å². The molecule has 2 saturated heterocycles. The summed E-state index contributed by atoms with van der Waals surface area (Å²) >= 11 is 0. The summed E-state index contributed by atoms with van der Waals surface area (Å²) in [6.45, 7) is 3.32. The predicted molar refractivity (Wildman–Crippen MR) is 85.6 cm³/mol. The molecular weight excluding hydrogens is 278 g/mol. The van der Waals surface area contributed by atoms with Gasteiger partial charge in [0, 0.05) is 31.2 Å². The van der Waals surface area contributed by atoms with E-state index in [1.165, 1.54) is 5.56 Å². The van der Waals surface area contributed by atoms with Crippen LogP contribution in [-0.2, 0) is 20.6 Å². The Morgan fingerprint density at radius 1 is 1.18 bits per heavy atom. The number of ether oxygens (including phenoxy) is 3. The zero-order chi connectivity index (χ0) is 15.6. The molecule has 1 aromatic rings. The molecule has 1 atom stereocenters. The van der Waals surface area contributed by atoms with Crippen molar-refractivity contribution in [3.63, 3.8) is 0 Å². The Morgan fingerprint density at radius 3 is 2.36 bits per heavy atom. The van der Waals surface area contributed by atoms with Crippen molar-refractivity contribution in [1.29, 1.82) is 0 Å². The zero-order valence-corrected chi connectivity index (χ0v) is 13.6. The molecule has 2 aliphatic heterocycles. The van der Waals surface area contributed by atoms with Crippen LogP contribution in [0, 0.1) is 0 Å². The molecule has 1 aromatic carbocycles. The fourth-order valence-corrected chi connectivity index (χ4v) is 3.63. The van der Waals surface area contributed by atoms with Crippen LogP contribution in [-0.4, -0.2) is 31.5 Å². The highest BCUT2D eigenvalue weighted by Gasteiger charge is 2.47. The van der Waals surface area contributed by atoms with Crippen LogP contribution < -0.4 is 5.73 Å². The number of nitrogens with two attached hydrogens (primary N) is 1. The summed E-state index contributed by atoms with van der Waals surface area (Å²) in [6.07, 6.45) is 5.00. The van der Waals surface area contributed by atoms with Gasteiger partial charge in [0.25, 0.3) is 0 Å². The third-order valence-electron chi connectivity index (χ3n) is 5.13. The molecule has 122 valence electrons. The standard InChI is InChI=1S/C18H27NO3/c1-3-21-16(20-2)15-6-4-14(5-7-15)12-18-10-8-17(19,9-11-18)13-22-18/h4-7,16H,3,8-13,19H2,1-2H3. The SMILES string of the molecule is CCOC(OC)c1ccc(CC23CCC(N)(CC2)CO3)cc1.